The van der Waals surface area contributed by atoms with Crippen LogP contribution in [0.3, 0.4) is 0 Å². The fourth-order valence-electron chi connectivity index (χ4n) is 2.28. The molecule has 0 heterocycles. The van der Waals surface area contributed by atoms with Crippen molar-refractivity contribution in [1.82, 2.24) is 0 Å². The minimum atomic E-state index is -0.507. The maximum absolute atomic E-state index is 11.9. The van der Waals surface area contributed by atoms with Crippen molar-refractivity contribution in [2.24, 2.45) is 5.73 Å². The minimum absolute atomic E-state index is 0.133. The Bertz CT molecular complexity index is 711. The number of rotatable bonds is 6. The monoisotopic (exact) mass is 405 g/mol. The number of hydrogen-bond donors (Lipinski definition) is 1. The molecule has 134 valence electrons. The van der Waals surface area contributed by atoms with Crippen LogP contribution in [-0.4, -0.2) is 11.6 Å². The first-order valence-corrected chi connectivity index (χ1v) is 8.97. The molecule has 4 nitrogen and oxygen atoms in total. The van der Waals surface area contributed by atoms with E-state index in [0.717, 1.165) is 21.3 Å². The van der Waals surface area contributed by atoms with Gasteiger partial charge >= 0.3 is 5.97 Å². The van der Waals surface area contributed by atoms with Crippen LogP contribution in [0.1, 0.15) is 44.4 Å². The van der Waals surface area contributed by atoms with Gasteiger partial charge in [-0.3, -0.25) is 4.79 Å². The van der Waals surface area contributed by atoms with E-state index in [1.807, 2.05) is 69.3 Å². The highest BCUT2D eigenvalue weighted by Gasteiger charge is 2.20. The number of halogens is 1. The van der Waals surface area contributed by atoms with Gasteiger partial charge in [0.05, 0.1) is 10.9 Å². The lowest BCUT2D eigenvalue weighted by Crippen LogP contribution is -2.26. The van der Waals surface area contributed by atoms with Crippen LogP contribution in [0, 0.1) is 0 Å². The average Bonchev–Trinajstić information content (AvgIpc) is 2.52. The number of esters is 1. The van der Waals surface area contributed by atoms with E-state index in [4.69, 9.17) is 15.2 Å². The van der Waals surface area contributed by atoms with Crippen molar-refractivity contribution in [2.75, 3.05) is 0 Å². The second kappa shape index (κ2) is 8.50. The van der Waals surface area contributed by atoms with E-state index in [2.05, 4.69) is 15.9 Å². The van der Waals surface area contributed by atoms with Crippen molar-refractivity contribution >= 4 is 21.9 Å². The molecule has 2 aromatic carbocycles. The summed E-state index contributed by atoms with van der Waals surface area (Å²) in [6.45, 7) is 6.01. The first kappa shape index (κ1) is 19.5. The molecule has 0 saturated carbocycles. The van der Waals surface area contributed by atoms with Crippen LogP contribution in [-0.2, 0) is 16.1 Å². The zero-order valence-electron chi connectivity index (χ0n) is 14.8. The summed E-state index contributed by atoms with van der Waals surface area (Å²) in [5, 5.41) is 0. The Morgan fingerprint density at radius 2 is 1.84 bits per heavy atom. The maximum atomic E-state index is 11.9. The van der Waals surface area contributed by atoms with Crippen molar-refractivity contribution in [3.05, 3.63) is 64.1 Å². The van der Waals surface area contributed by atoms with Crippen molar-refractivity contribution in [1.29, 1.82) is 0 Å². The number of carbonyl (C=O) groups excluding carboxylic acids is 1. The SMILES string of the molecule is CC(C)(C)OC(=O)CC(N)c1ccc(OCc2ccccc2)c(Br)c1. The zero-order valence-corrected chi connectivity index (χ0v) is 16.4. The van der Waals surface area contributed by atoms with E-state index in [9.17, 15) is 4.79 Å². The Kier molecular flexibility index (Phi) is 6.62. The molecule has 0 aliphatic rings. The normalized spacial score (nSPS) is 12.5. The molecule has 1 unspecified atom stereocenters. The van der Waals surface area contributed by atoms with Gasteiger partial charge in [0.15, 0.2) is 0 Å². The van der Waals surface area contributed by atoms with Crippen LogP contribution < -0.4 is 10.5 Å². The molecule has 0 bridgehead atoms. The molecular formula is C20H24BrNO3. The summed E-state index contributed by atoms with van der Waals surface area (Å²) >= 11 is 3.51. The highest BCUT2D eigenvalue weighted by molar-refractivity contribution is 9.10. The van der Waals surface area contributed by atoms with Gasteiger partial charge in [-0.15, -0.1) is 0 Å². The van der Waals surface area contributed by atoms with E-state index < -0.39 is 11.6 Å². The summed E-state index contributed by atoms with van der Waals surface area (Å²) in [7, 11) is 0. The molecule has 0 aromatic heterocycles. The zero-order chi connectivity index (χ0) is 18.4. The Balaban J connectivity index is 1.97. The standard InChI is InChI=1S/C20H24BrNO3/c1-20(2,3)25-19(23)12-17(22)15-9-10-18(16(21)11-15)24-13-14-7-5-4-6-8-14/h4-11,17H,12-13,22H2,1-3H3. The molecule has 0 radical (unpaired) electrons. The highest BCUT2D eigenvalue weighted by atomic mass is 79.9. The molecule has 1 atom stereocenters. The van der Waals surface area contributed by atoms with Gasteiger partial charge in [-0.25, -0.2) is 0 Å². The summed E-state index contributed by atoms with van der Waals surface area (Å²) < 4.78 is 11.9. The molecule has 0 saturated heterocycles. The number of carbonyl (C=O) groups is 1. The van der Waals surface area contributed by atoms with Gasteiger partial charge in [-0.2, -0.15) is 0 Å². The quantitative estimate of drug-likeness (QED) is 0.703. The smallest absolute Gasteiger partial charge is 0.308 e. The molecule has 2 aromatic rings. The maximum Gasteiger partial charge on any atom is 0.308 e. The molecule has 0 aliphatic carbocycles. The lowest BCUT2D eigenvalue weighted by molar-refractivity contribution is -0.155. The molecule has 0 amide bonds. The van der Waals surface area contributed by atoms with Gasteiger partial charge in [-0.1, -0.05) is 36.4 Å². The fraction of sp³-hybridized carbons (Fsp3) is 0.350. The van der Waals surface area contributed by atoms with Gasteiger partial charge < -0.3 is 15.2 Å². The predicted octanol–water partition coefficient (Wildman–Crippen LogP) is 4.76. The number of ether oxygens (including phenoxy) is 2. The van der Waals surface area contributed by atoms with Crippen LogP contribution in [0.5, 0.6) is 5.75 Å². The molecule has 2 N–H and O–H groups in total. The predicted molar refractivity (Wildman–Crippen MR) is 102 cm³/mol. The second-order valence-corrected chi connectivity index (χ2v) is 7.72. The van der Waals surface area contributed by atoms with E-state index in [0.29, 0.717) is 6.61 Å². The third-order valence-corrected chi connectivity index (χ3v) is 4.05. The van der Waals surface area contributed by atoms with Gasteiger partial charge in [-0.05, 0) is 60.0 Å². The van der Waals surface area contributed by atoms with Crippen molar-refractivity contribution in [3.63, 3.8) is 0 Å². The Labute approximate surface area is 157 Å². The number of nitrogens with two attached hydrogens (primary N) is 1. The van der Waals surface area contributed by atoms with Gasteiger partial charge in [0.25, 0.3) is 0 Å². The average molecular weight is 406 g/mol. The topological polar surface area (TPSA) is 61.5 Å². The van der Waals surface area contributed by atoms with Crippen LogP contribution >= 0.6 is 15.9 Å². The molecule has 0 aliphatic heterocycles. The molecule has 5 heteroatoms. The summed E-state index contributed by atoms with van der Waals surface area (Å²) in [4.78, 5) is 11.9. The summed E-state index contributed by atoms with van der Waals surface area (Å²) in [5.74, 6) is 0.428. The fourth-order valence-corrected chi connectivity index (χ4v) is 2.79. The molecule has 0 fully saturated rings. The number of benzene rings is 2. The Morgan fingerprint density at radius 3 is 2.44 bits per heavy atom. The third kappa shape index (κ3) is 6.52. The number of hydrogen-bond acceptors (Lipinski definition) is 4. The second-order valence-electron chi connectivity index (χ2n) is 6.86. The third-order valence-electron chi connectivity index (χ3n) is 3.43. The van der Waals surface area contributed by atoms with Crippen LogP contribution in [0.15, 0.2) is 53.0 Å². The molecule has 25 heavy (non-hydrogen) atoms. The van der Waals surface area contributed by atoms with E-state index in [-0.39, 0.29) is 12.4 Å². The van der Waals surface area contributed by atoms with E-state index in [1.54, 1.807) is 0 Å². The summed E-state index contributed by atoms with van der Waals surface area (Å²) in [5.41, 5.74) is 7.58. The van der Waals surface area contributed by atoms with Crippen molar-refractivity contribution in [2.45, 2.75) is 45.4 Å². The van der Waals surface area contributed by atoms with Gasteiger partial charge in [0.2, 0.25) is 0 Å². The summed E-state index contributed by atoms with van der Waals surface area (Å²) in [6, 6.07) is 15.2. The molecule has 0 spiro atoms. The lowest BCUT2D eigenvalue weighted by Gasteiger charge is -2.21. The summed E-state index contributed by atoms with van der Waals surface area (Å²) in [6.07, 6.45) is 0.133. The molecule has 2 rings (SSSR count). The highest BCUT2D eigenvalue weighted by Crippen LogP contribution is 2.29. The molecular weight excluding hydrogens is 382 g/mol. The Morgan fingerprint density at radius 1 is 1.16 bits per heavy atom. The minimum Gasteiger partial charge on any atom is -0.488 e. The Hall–Kier alpha value is -1.85. The first-order valence-electron chi connectivity index (χ1n) is 8.18. The largest absolute Gasteiger partial charge is 0.488 e. The lowest BCUT2D eigenvalue weighted by atomic mass is 10.0. The van der Waals surface area contributed by atoms with Gasteiger partial charge in [0.1, 0.15) is 18.0 Å². The van der Waals surface area contributed by atoms with Crippen molar-refractivity contribution in [3.8, 4) is 5.75 Å². The first-order chi connectivity index (χ1) is 11.7. The van der Waals surface area contributed by atoms with E-state index >= 15 is 0 Å². The van der Waals surface area contributed by atoms with Crippen LogP contribution in [0.4, 0.5) is 0 Å². The van der Waals surface area contributed by atoms with E-state index in [1.165, 1.54) is 0 Å². The van der Waals surface area contributed by atoms with Crippen molar-refractivity contribution < 1.29 is 14.3 Å². The van der Waals surface area contributed by atoms with Crippen LogP contribution in [0.25, 0.3) is 0 Å². The van der Waals surface area contributed by atoms with Gasteiger partial charge in [0, 0.05) is 6.04 Å². The van der Waals surface area contributed by atoms with Crippen LogP contribution in [0.2, 0.25) is 0 Å².